The van der Waals surface area contributed by atoms with Gasteiger partial charge in [0.2, 0.25) is 10.0 Å². The van der Waals surface area contributed by atoms with Gasteiger partial charge in [-0.15, -0.1) is 0 Å². The molecule has 2 rings (SSSR count). The van der Waals surface area contributed by atoms with Gasteiger partial charge >= 0.3 is 0 Å². The van der Waals surface area contributed by atoms with E-state index in [-0.39, 0.29) is 5.75 Å². The van der Waals surface area contributed by atoms with E-state index in [9.17, 15) is 8.42 Å². The van der Waals surface area contributed by atoms with E-state index in [1.165, 1.54) is 0 Å². The van der Waals surface area contributed by atoms with Crippen molar-refractivity contribution in [1.29, 1.82) is 0 Å². The number of halogens is 2. The van der Waals surface area contributed by atoms with Crippen LogP contribution in [-0.4, -0.2) is 15.0 Å². The smallest absolute Gasteiger partial charge is 0.237 e. The molecule has 0 bridgehead atoms. The molecule has 4 nitrogen and oxygen atoms in total. The molecular formula is C15H15Cl2NO3S. The van der Waals surface area contributed by atoms with Crippen LogP contribution >= 0.6 is 23.2 Å². The molecule has 0 aliphatic rings. The summed E-state index contributed by atoms with van der Waals surface area (Å²) in [5, 5.41) is 0.631. The summed E-state index contributed by atoms with van der Waals surface area (Å²) in [6, 6.07) is 11.7. The summed E-state index contributed by atoms with van der Waals surface area (Å²) in [5.74, 6) is 0.158. The summed E-state index contributed by atoms with van der Waals surface area (Å²) in [7, 11) is -3.67. The zero-order valence-electron chi connectivity index (χ0n) is 11.8. The first kappa shape index (κ1) is 16.9. The molecular weight excluding hydrogens is 345 g/mol. The number of ether oxygens (including phenoxy) is 1. The van der Waals surface area contributed by atoms with Crippen molar-refractivity contribution in [1.82, 2.24) is 0 Å². The Labute approximate surface area is 140 Å². The fraction of sp³-hybridized carbons (Fsp3) is 0.200. The van der Waals surface area contributed by atoms with Gasteiger partial charge in [-0.2, -0.15) is 0 Å². The number of hydrogen-bond donors (Lipinski definition) is 1. The Bertz CT molecular complexity index is 743. The van der Waals surface area contributed by atoms with Crippen LogP contribution in [0.1, 0.15) is 12.5 Å². The Morgan fingerprint density at radius 3 is 2.32 bits per heavy atom. The second-order valence-electron chi connectivity index (χ2n) is 4.49. The third kappa shape index (κ3) is 4.29. The molecule has 0 aliphatic heterocycles. The van der Waals surface area contributed by atoms with Crippen LogP contribution in [0, 0.1) is 0 Å². The van der Waals surface area contributed by atoms with E-state index in [0.717, 1.165) is 0 Å². The summed E-state index contributed by atoms with van der Waals surface area (Å²) in [5.41, 5.74) is 0.750. The quantitative estimate of drug-likeness (QED) is 0.834. The van der Waals surface area contributed by atoms with Crippen molar-refractivity contribution < 1.29 is 13.2 Å². The number of benzene rings is 2. The van der Waals surface area contributed by atoms with Gasteiger partial charge in [-0.25, -0.2) is 8.42 Å². The second kappa shape index (κ2) is 7.22. The monoisotopic (exact) mass is 359 g/mol. The van der Waals surface area contributed by atoms with Crippen molar-refractivity contribution in [2.75, 3.05) is 11.3 Å². The topological polar surface area (TPSA) is 55.4 Å². The molecule has 118 valence electrons. The third-order valence-corrected chi connectivity index (χ3v) is 4.76. The normalized spacial score (nSPS) is 11.2. The maximum absolute atomic E-state index is 12.3. The molecule has 2 aromatic rings. The Kier molecular flexibility index (Phi) is 5.56. The van der Waals surface area contributed by atoms with Gasteiger partial charge in [0.1, 0.15) is 5.75 Å². The lowest BCUT2D eigenvalue weighted by atomic mass is 10.2. The molecule has 0 aromatic heterocycles. The molecule has 1 N–H and O–H groups in total. The van der Waals surface area contributed by atoms with Crippen LogP contribution in [0.2, 0.25) is 10.0 Å². The third-order valence-electron chi connectivity index (χ3n) is 2.85. The van der Waals surface area contributed by atoms with E-state index >= 15 is 0 Å². The van der Waals surface area contributed by atoms with Crippen LogP contribution in [0.25, 0.3) is 0 Å². The predicted molar refractivity (Wildman–Crippen MR) is 90.3 cm³/mol. The number of anilines is 1. The first-order chi connectivity index (χ1) is 10.4. The van der Waals surface area contributed by atoms with Crippen LogP contribution in [0.4, 0.5) is 5.69 Å². The summed E-state index contributed by atoms with van der Waals surface area (Å²) in [4.78, 5) is 0. The minimum absolute atomic E-state index is 0.314. The minimum Gasteiger partial charge on any atom is -0.492 e. The molecule has 0 amide bonds. The van der Waals surface area contributed by atoms with Crippen molar-refractivity contribution in [3.05, 3.63) is 58.1 Å². The van der Waals surface area contributed by atoms with E-state index in [0.29, 0.717) is 33.7 Å². The van der Waals surface area contributed by atoms with E-state index < -0.39 is 10.0 Å². The van der Waals surface area contributed by atoms with Gasteiger partial charge in [-0.3, -0.25) is 4.72 Å². The first-order valence-electron chi connectivity index (χ1n) is 6.58. The highest BCUT2D eigenvalue weighted by Gasteiger charge is 2.18. The van der Waals surface area contributed by atoms with Crippen molar-refractivity contribution in [2.24, 2.45) is 0 Å². The van der Waals surface area contributed by atoms with Crippen molar-refractivity contribution >= 4 is 38.9 Å². The summed E-state index contributed by atoms with van der Waals surface area (Å²) < 4.78 is 32.6. The van der Waals surface area contributed by atoms with Gasteiger partial charge < -0.3 is 4.74 Å². The van der Waals surface area contributed by atoms with Crippen molar-refractivity contribution in [2.45, 2.75) is 12.7 Å². The molecule has 0 unspecified atom stereocenters. The molecule has 7 heteroatoms. The number of hydrogen-bond acceptors (Lipinski definition) is 3. The molecule has 0 spiro atoms. The number of para-hydroxylation sites is 2. The van der Waals surface area contributed by atoms with Crippen molar-refractivity contribution in [3.63, 3.8) is 0 Å². The van der Waals surface area contributed by atoms with Crippen LogP contribution in [0.15, 0.2) is 42.5 Å². The number of nitrogens with one attached hydrogen (secondary N) is 1. The number of rotatable bonds is 6. The van der Waals surface area contributed by atoms with E-state index in [1.807, 2.05) is 6.92 Å². The zero-order chi connectivity index (χ0) is 16.2. The highest BCUT2D eigenvalue weighted by molar-refractivity contribution is 7.91. The number of sulfonamides is 1. The maximum atomic E-state index is 12.3. The Morgan fingerprint density at radius 2 is 1.68 bits per heavy atom. The fourth-order valence-corrected chi connectivity index (χ4v) is 3.85. The van der Waals surface area contributed by atoms with Gasteiger partial charge in [-0.05, 0) is 31.2 Å². The highest BCUT2D eigenvalue weighted by Crippen LogP contribution is 2.29. The molecule has 0 saturated heterocycles. The summed E-state index contributed by atoms with van der Waals surface area (Å²) >= 11 is 12.0. The first-order valence-corrected chi connectivity index (χ1v) is 8.99. The SMILES string of the molecule is CCOc1ccccc1NS(=O)(=O)Cc1c(Cl)cccc1Cl. The Hall–Kier alpha value is -1.43. The standard InChI is InChI=1S/C15H15Cl2NO3S/c1-2-21-15-9-4-3-8-14(15)18-22(19,20)10-11-12(16)6-5-7-13(11)17/h3-9,18H,2,10H2,1H3. The van der Waals surface area contributed by atoms with E-state index in [2.05, 4.69) is 4.72 Å². The average molecular weight is 360 g/mol. The van der Waals surface area contributed by atoms with Crippen LogP contribution in [0.5, 0.6) is 5.75 Å². The molecule has 22 heavy (non-hydrogen) atoms. The maximum Gasteiger partial charge on any atom is 0.237 e. The zero-order valence-corrected chi connectivity index (χ0v) is 14.2. The minimum atomic E-state index is -3.67. The Morgan fingerprint density at radius 1 is 1.05 bits per heavy atom. The van der Waals surface area contributed by atoms with Gasteiger partial charge in [0, 0.05) is 15.6 Å². The molecule has 0 radical (unpaired) electrons. The Balaban J connectivity index is 2.25. The van der Waals surface area contributed by atoms with Gasteiger partial charge in [0.15, 0.2) is 0 Å². The van der Waals surface area contributed by atoms with Crippen LogP contribution in [0.3, 0.4) is 0 Å². The van der Waals surface area contributed by atoms with E-state index in [4.69, 9.17) is 27.9 Å². The lowest BCUT2D eigenvalue weighted by molar-refractivity contribution is 0.342. The highest BCUT2D eigenvalue weighted by atomic mass is 35.5. The average Bonchev–Trinajstić information content (AvgIpc) is 2.45. The molecule has 2 aromatic carbocycles. The van der Waals surface area contributed by atoms with Crippen LogP contribution < -0.4 is 9.46 Å². The molecule has 0 fully saturated rings. The van der Waals surface area contributed by atoms with Gasteiger partial charge in [0.25, 0.3) is 0 Å². The summed E-state index contributed by atoms with van der Waals surface area (Å²) in [6.45, 7) is 2.27. The molecule has 0 heterocycles. The van der Waals surface area contributed by atoms with E-state index in [1.54, 1.807) is 42.5 Å². The van der Waals surface area contributed by atoms with Crippen LogP contribution in [-0.2, 0) is 15.8 Å². The molecule has 0 atom stereocenters. The van der Waals surface area contributed by atoms with Gasteiger partial charge in [-0.1, -0.05) is 41.4 Å². The fourth-order valence-electron chi connectivity index (χ4n) is 1.90. The largest absolute Gasteiger partial charge is 0.492 e. The molecule has 0 aliphatic carbocycles. The van der Waals surface area contributed by atoms with Gasteiger partial charge in [0.05, 0.1) is 18.0 Å². The summed E-state index contributed by atoms with van der Waals surface area (Å²) in [6.07, 6.45) is 0. The lowest BCUT2D eigenvalue weighted by Gasteiger charge is -2.13. The molecule has 0 saturated carbocycles. The second-order valence-corrected chi connectivity index (χ2v) is 7.03. The lowest BCUT2D eigenvalue weighted by Crippen LogP contribution is -2.16. The van der Waals surface area contributed by atoms with Crippen molar-refractivity contribution in [3.8, 4) is 5.75 Å². The predicted octanol–water partition coefficient (Wildman–Crippen LogP) is 4.33.